The highest BCUT2D eigenvalue weighted by molar-refractivity contribution is 8.02. The summed E-state index contributed by atoms with van der Waals surface area (Å²) in [4.78, 5) is 13.4. The third-order valence-electron chi connectivity index (χ3n) is 3.67. The van der Waals surface area contributed by atoms with Gasteiger partial charge in [0, 0.05) is 11.4 Å². The molecule has 0 aliphatic carbocycles. The first-order valence-corrected chi connectivity index (χ1v) is 10.9. The van der Waals surface area contributed by atoms with Crippen LogP contribution in [0.15, 0.2) is 46.1 Å². The van der Waals surface area contributed by atoms with Crippen LogP contribution in [0.25, 0.3) is 0 Å². The van der Waals surface area contributed by atoms with Gasteiger partial charge in [0.2, 0.25) is 11.0 Å². The van der Waals surface area contributed by atoms with Crippen molar-refractivity contribution >= 4 is 45.5 Å². The Morgan fingerprint density at radius 1 is 1.22 bits per heavy atom. The van der Waals surface area contributed by atoms with Crippen molar-refractivity contribution in [3.05, 3.63) is 52.2 Å². The molecule has 0 bridgehead atoms. The Bertz CT molecular complexity index is 850. The molecule has 9 heteroatoms. The molecule has 2 heterocycles. The molecule has 3 rings (SSSR count). The first-order valence-electron chi connectivity index (χ1n) is 8.31. The fourth-order valence-corrected chi connectivity index (χ4v) is 4.75. The summed E-state index contributed by atoms with van der Waals surface area (Å²) in [5, 5.41) is 17.0. The van der Waals surface area contributed by atoms with Crippen LogP contribution in [0.5, 0.6) is 5.75 Å². The van der Waals surface area contributed by atoms with Crippen LogP contribution in [0.2, 0.25) is 0 Å². The monoisotopic (exact) mass is 420 g/mol. The van der Waals surface area contributed by atoms with Crippen molar-refractivity contribution in [3.63, 3.8) is 0 Å². The minimum atomic E-state index is -0.229. The van der Waals surface area contributed by atoms with Gasteiger partial charge in [-0.15, -0.1) is 21.5 Å². The number of nitrogens with zero attached hydrogens (tertiary/aromatic N) is 2. The van der Waals surface area contributed by atoms with Crippen LogP contribution in [0.3, 0.4) is 0 Å². The number of thiophene rings is 1. The quantitative estimate of drug-likeness (QED) is 0.509. The van der Waals surface area contributed by atoms with Gasteiger partial charge in [-0.2, -0.15) is 0 Å². The van der Waals surface area contributed by atoms with Crippen molar-refractivity contribution in [3.8, 4) is 5.75 Å². The topological polar surface area (TPSA) is 76.1 Å². The fourth-order valence-electron chi connectivity index (χ4n) is 2.19. The fraction of sp³-hybridized carbons (Fsp3) is 0.278. The number of benzene rings is 1. The van der Waals surface area contributed by atoms with Gasteiger partial charge in [-0.3, -0.25) is 4.79 Å². The maximum Gasteiger partial charge on any atom is 0.233 e. The summed E-state index contributed by atoms with van der Waals surface area (Å²) in [5.74, 6) is 0.830. The lowest BCUT2D eigenvalue weighted by Crippen LogP contribution is -2.30. The number of anilines is 1. The summed E-state index contributed by atoms with van der Waals surface area (Å²) < 4.78 is 5.92. The summed E-state index contributed by atoms with van der Waals surface area (Å²) in [6, 6.07) is 11.8. The molecule has 0 saturated heterocycles. The lowest BCUT2D eigenvalue weighted by Gasteiger charge is -2.09. The van der Waals surface area contributed by atoms with Gasteiger partial charge in [-0.25, -0.2) is 0 Å². The van der Waals surface area contributed by atoms with Crippen molar-refractivity contribution in [1.82, 2.24) is 15.5 Å². The number of ether oxygens (including phenoxy) is 1. The van der Waals surface area contributed by atoms with E-state index in [9.17, 15) is 4.79 Å². The molecule has 1 amide bonds. The zero-order valence-electron chi connectivity index (χ0n) is 15.0. The zero-order valence-corrected chi connectivity index (χ0v) is 17.4. The van der Waals surface area contributed by atoms with Gasteiger partial charge in [0.25, 0.3) is 0 Å². The number of hydrogen-bond acceptors (Lipinski definition) is 8. The third-order valence-corrected chi connectivity index (χ3v) is 6.61. The molecule has 0 aliphatic heterocycles. The predicted molar refractivity (Wildman–Crippen MR) is 112 cm³/mol. The Morgan fingerprint density at radius 2 is 2.04 bits per heavy atom. The Morgan fingerprint density at radius 3 is 2.74 bits per heavy atom. The van der Waals surface area contributed by atoms with Crippen LogP contribution in [0.4, 0.5) is 5.13 Å². The Balaban J connectivity index is 1.45. The molecule has 2 N–H and O–H groups in total. The molecular weight excluding hydrogens is 400 g/mol. The smallest absolute Gasteiger partial charge is 0.233 e. The van der Waals surface area contributed by atoms with Crippen LogP contribution in [0, 0.1) is 0 Å². The lowest BCUT2D eigenvalue weighted by molar-refractivity contribution is -0.120. The highest BCUT2D eigenvalue weighted by atomic mass is 32.2. The molecule has 1 unspecified atom stereocenters. The minimum absolute atomic E-state index is 0.00339. The van der Waals surface area contributed by atoms with E-state index in [2.05, 4.69) is 20.8 Å². The van der Waals surface area contributed by atoms with E-state index in [1.807, 2.05) is 48.7 Å². The van der Waals surface area contributed by atoms with Crippen LogP contribution in [0.1, 0.15) is 17.4 Å². The summed E-state index contributed by atoms with van der Waals surface area (Å²) in [6.45, 7) is 3.09. The molecule has 0 radical (unpaired) electrons. The maximum atomic E-state index is 12.2. The molecular formula is C18H20N4O2S3. The van der Waals surface area contributed by atoms with Crippen LogP contribution in [-0.2, 0) is 17.9 Å². The Hall–Kier alpha value is -2.10. The van der Waals surface area contributed by atoms with Crippen LogP contribution >= 0.6 is 34.4 Å². The van der Waals surface area contributed by atoms with E-state index in [0.29, 0.717) is 13.1 Å². The molecule has 3 aromatic rings. The van der Waals surface area contributed by atoms with E-state index in [1.165, 1.54) is 23.1 Å². The molecule has 27 heavy (non-hydrogen) atoms. The average Bonchev–Trinajstić information content (AvgIpc) is 3.36. The second kappa shape index (κ2) is 9.72. The van der Waals surface area contributed by atoms with Gasteiger partial charge in [0.05, 0.1) is 18.9 Å². The molecule has 2 aromatic heterocycles. The van der Waals surface area contributed by atoms with E-state index >= 15 is 0 Å². The molecule has 0 aliphatic rings. The largest absolute Gasteiger partial charge is 0.497 e. The van der Waals surface area contributed by atoms with Crippen molar-refractivity contribution in [2.24, 2.45) is 0 Å². The number of rotatable bonds is 9. The van der Waals surface area contributed by atoms with E-state index in [-0.39, 0.29) is 11.2 Å². The Kier molecular flexibility index (Phi) is 7.08. The second-order valence-electron chi connectivity index (χ2n) is 5.63. The molecule has 0 saturated carbocycles. The molecule has 1 aromatic carbocycles. The second-order valence-corrected chi connectivity index (χ2v) is 9.23. The maximum absolute atomic E-state index is 12.2. The number of amides is 1. The first kappa shape index (κ1) is 19.7. The van der Waals surface area contributed by atoms with E-state index in [0.717, 1.165) is 25.7 Å². The van der Waals surface area contributed by atoms with Crippen molar-refractivity contribution in [2.75, 3.05) is 12.4 Å². The van der Waals surface area contributed by atoms with Gasteiger partial charge >= 0.3 is 0 Å². The summed E-state index contributed by atoms with van der Waals surface area (Å²) in [5.41, 5.74) is 1.13. The Labute approximate surface area is 170 Å². The number of methoxy groups -OCH3 is 1. The van der Waals surface area contributed by atoms with Gasteiger partial charge < -0.3 is 15.4 Å². The van der Waals surface area contributed by atoms with Crippen molar-refractivity contribution < 1.29 is 9.53 Å². The summed E-state index contributed by atoms with van der Waals surface area (Å²) in [7, 11) is 1.65. The van der Waals surface area contributed by atoms with Gasteiger partial charge in [-0.05, 0) is 36.1 Å². The minimum Gasteiger partial charge on any atom is -0.497 e. The molecule has 142 valence electrons. The zero-order chi connectivity index (χ0) is 19.1. The van der Waals surface area contributed by atoms with E-state index < -0.39 is 0 Å². The number of thioether (sulfide) groups is 1. The van der Waals surface area contributed by atoms with Crippen LogP contribution in [-0.4, -0.2) is 28.5 Å². The molecule has 1 atom stereocenters. The first-order chi connectivity index (χ1) is 13.1. The van der Waals surface area contributed by atoms with Crippen molar-refractivity contribution in [2.45, 2.75) is 29.6 Å². The summed E-state index contributed by atoms with van der Waals surface area (Å²) >= 11 is 4.50. The molecule has 6 nitrogen and oxygen atoms in total. The third kappa shape index (κ3) is 5.95. The van der Waals surface area contributed by atoms with Gasteiger partial charge in [0.1, 0.15) is 5.75 Å². The van der Waals surface area contributed by atoms with E-state index in [1.54, 1.807) is 18.4 Å². The molecule has 0 spiro atoms. The predicted octanol–water partition coefficient (Wildman–Crippen LogP) is 4.02. The van der Waals surface area contributed by atoms with Gasteiger partial charge in [0.15, 0.2) is 4.34 Å². The number of carbonyl (C=O) groups is 1. The number of hydrogen-bond donors (Lipinski definition) is 2. The van der Waals surface area contributed by atoms with Gasteiger partial charge in [-0.1, -0.05) is 41.3 Å². The highest BCUT2D eigenvalue weighted by Gasteiger charge is 2.17. The number of aromatic nitrogens is 2. The normalized spacial score (nSPS) is 11.8. The molecule has 0 fully saturated rings. The number of carbonyl (C=O) groups excluding carboxylic acids is 1. The SMILES string of the molecule is COc1ccc(CNc2nnc(SC(C)C(=O)NCc3cccs3)s2)cc1. The number of nitrogens with one attached hydrogen (secondary N) is 2. The average molecular weight is 421 g/mol. The van der Waals surface area contributed by atoms with Crippen molar-refractivity contribution in [1.29, 1.82) is 0 Å². The lowest BCUT2D eigenvalue weighted by atomic mass is 10.2. The highest BCUT2D eigenvalue weighted by Crippen LogP contribution is 2.29. The van der Waals surface area contributed by atoms with Crippen LogP contribution < -0.4 is 15.4 Å². The van der Waals surface area contributed by atoms with E-state index in [4.69, 9.17) is 4.74 Å². The summed E-state index contributed by atoms with van der Waals surface area (Å²) in [6.07, 6.45) is 0. The standard InChI is InChI=1S/C18H20N4O2S3/c1-12(16(23)19-11-15-4-3-9-25-15)26-18-22-21-17(27-18)20-10-13-5-7-14(24-2)8-6-13/h3-9,12H,10-11H2,1-2H3,(H,19,23)(H,20,21).